The van der Waals surface area contributed by atoms with Crippen LogP contribution in [-0.4, -0.2) is 58.2 Å². The van der Waals surface area contributed by atoms with Gasteiger partial charge in [-0.2, -0.15) is 13.2 Å². The van der Waals surface area contributed by atoms with E-state index in [1.807, 2.05) is 6.92 Å². The minimum atomic E-state index is -4.34. The summed E-state index contributed by atoms with van der Waals surface area (Å²) in [6.07, 6.45) is -0.850. The molecule has 1 aliphatic rings. The van der Waals surface area contributed by atoms with E-state index in [0.717, 1.165) is 18.9 Å². The van der Waals surface area contributed by atoms with Crippen molar-refractivity contribution in [2.75, 3.05) is 39.5 Å². The molecule has 1 saturated heterocycles. The monoisotopic (exact) mass is 448 g/mol. The Morgan fingerprint density at radius 3 is 2.50 bits per heavy atom. The first-order chi connectivity index (χ1) is 14.0. The Kier molecular flexibility index (Phi) is 8.54. The summed E-state index contributed by atoms with van der Waals surface area (Å²) in [6.45, 7) is 4.24. The smallest absolute Gasteiger partial charge is 0.356 e. The van der Waals surface area contributed by atoms with Gasteiger partial charge in [-0.05, 0) is 42.7 Å². The van der Waals surface area contributed by atoms with Crippen LogP contribution in [0.25, 0.3) is 0 Å². The van der Waals surface area contributed by atoms with Crippen LogP contribution in [0.3, 0.4) is 0 Å². The molecule has 1 unspecified atom stereocenters. The van der Waals surface area contributed by atoms with Crippen molar-refractivity contribution in [1.82, 2.24) is 14.9 Å². The molecule has 1 heterocycles. The van der Waals surface area contributed by atoms with E-state index >= 15 is 0 Å². The molecular formula is C20H31F3N4O2S. The largest absolute Gasteiger partial charge is 0.416 e. The van der Waals surface area contributed by atoms with Gasteiger partial charge in [0, 0.05) is 33.2 Å². The average molecular weight is 449 g/mol. The molecule has 0 saturated carbocycles. The molecule has 1 fully saturated rings. The fourth-order valence-corrected chi connectivity index (χ4v) is 4.38. The second-order valence-electron chi connectivity index (χ2n) is 7.80. The van der Waals surface area contributed by atoms with Crippen LogP contribution in [0.2, 0.25) is 0 Å². The molecule has 0 aromatic heterocycles. The molecule has 0 aliphatic carbocycles. The van der Waals surface area contributed by atoms with Crippen molar-refractivity contribution in [3.05, 3.63) is 35.4 Å². The standard InChI is InChI=1S/C20H31F3N4O2S/c1-15(17-5-4-6-18(13-17)20(21,22)23)7-10-25-19(24-2)26-14-16-8-11-27(12-9-16)30(3,28)29/h4-6,13,15-16H,7-12,14H2,1-3H3,(H2,24,25,26). The number of guanidine groups is 1. The molecule has 1 atom stereocenters. The van der Waals surface area contributed by atoms with Crippen LogP contribution >= 0.6 is 0 Å². The third-order valence-electron chi connectivity index (χ3n) is 5.48. The molecule has 1 aliphatic heterocycles. The number of nitrogens with zero attached hydrogens (tertiary/aromatic N) is 2. The van der Waals surface area contributed by atoms with E-state index < -0.39 is 21.8 Å². The van der Waals surface area contributed by atoms with Gasteiger partial charge < -0.3 is 10.6 Å². The lowest BCUT2D eigenvalue weighted by molar-refractivity contribution is -0.137. The van der Waals surface area contributed by atoms with E-state index in [4.69, 9.17) is 0 Å². The number of hydrogen-bond acceptors (Lipinski definition) is 3. The highest BCUT2D eigenvalue weighted by atomic mass is 32.2. The highest BCUT2D eigenvalue weighted by Gasteiger charge is 2.30. The zero-order valence-corrected chi connectivity index (χ0v) is 18.5. The number of benzene rings is 1. The zero-order chi connectivity index (χ0) is 22.4. The van der Waals surface area contributed by atoms with Crippen LogP contribution in [0.1, 0.15) is 43.2 Å². The van der Waals surface area contributed by atoms with Crippen molar-refractivity contribution in [3.8, 4) is 0 Å². The van der Waals surface area contributed by atoms with Crippen LogP contribution in [0.5, 0.6) is 0 Å². The highest BCUT2D eigenvalue weighted by molar-refractivity contribution is 7.88. The molecule has 6 nitrogen and oxygen atoms in total. The average Bonchev–Trinajstić information content (AvgIpc) is 2.69. The number of piperidine rings is 1. The maximum atomic E-state index is 12.9. The molecule has 0 bridgehead atoms. The summed E-state index contributed by atoms with van der Waals surface area (Å²) < 4.78 is 63.3. The van der Waals surface area contributed by atoms with Crippen LogP contribution in [-0.2, 0) is 16.2 Å². The summed E-state index contributed by atoms with van der Waals surface area (Å²) in [5.74, 6) is 0.973. The van der Waals surface area contributed by atoms with Gasteiger partial charge in [0.2, 0.25) is 10.0 Å². The summed E-state index contributed by atoms with van der Waals surface area (Å²) in [5, 5.41) is 6.46. The molecule has 1 aromatic rings. The van der Waals surface area contributed by atoms with Gasteiger partial charge in [-0.3, -0.25) is 4.99 Å². The molecule has 0 spiro atoms. The third kappa shape index (κ3) is 7.46. The first-order valence-electron chi connectivity index (χ1n) is 10.1. The fraction of sp³-hybridized carbons (Fsp3) is 0.650. The molecule has 170 valence electrons. The Hall–Kier alpha value is -1.81. The quantitative estimate of drug-likeness (QED) is 0.497. The second-order valence-corrected chi connectivity index (χ2v) is 9.78. The molecular weight excluding hydrogens is 417 g/mol. The van der Waals surface area contributed by atoms with E-state index in [1.54, 1.807) is 13.1 Å². The highest BCUT2D eigenvalue weighted by Crippen LogP contribution is 2.31. The molecule has 2 N–H and O–H groups in total. The van der Waals surface area contributed by atoms with E-state index in [9.17, 15) is 21.6 Å². The van der Waals surface area contributed by atoms with Gasteiger partial charge in [-0.15, -0.1) is 0 Å². The van der Waals surface area contributed by atoms with Gasteiger partial charge in [-0.25, -0.2) is 12.7 Å². The maximum Gasteiger partial charge on any atom is 0.416 e. The third-order valence-corrected chi connectivity index (χ3v) is 6.78. The van der Waals surface area contributed by atoms with Gasteiger partial charge in [0.05, 0.1) is 11.8 Å². The Labute approximate surface area is 177 Å². The SMILES string of the molecule is CN=C(NCCC(C)c1cccc(C(F)(F)F)c1)NCC1CCN(S(C)(=O)=O)CC1. The molecule has 0 radical (unpaired) electrons. The Balaban J connectivity index is 1.75. The minimum Gasteiger partial charge on any atom is -0.356 e. The number of sulfonamides is 1. The van der Waals surface area contributed by atoms with Crippen molar-refractivity contribution < 1.29 is 21.6 Å². The van der Waals surface area contributed by atoms with Crippen LogP contribution in [0, 0.1) is 5.92 Å². The molecule has 2 rings (SSSR count). The van der Waals surface area contributed by atoms with Crippen molar-refractivity contribution in [3.63, 3.8) is 0 Å². The number of alkyl halides is 3. The van der Waals surface area contributed by atoms with E-state index in [2.05, 4.69) is 15.6 Å². The number of nitrogens with one attached hydrogen (secondary N) is 2. The molecule has 10 heteroatoms. The van der Waals surface area contributed by atoms with E-state index in [0.29, 0.717) is 50.0 Å². The number of aliphatic imine (C=N–C) groups is 1. The van der Waals surface area contributed by atoms with Crippen molar-refractivity contribution in [2.24, 2.45) is 10.9 Å². The second kappa shape index (κ2) is 10.5. The number of rotatable bonds is 7. The normalized spacial score (nSPS) is 18.3. The molecule has 0 amide bonds. The van der Waals surface area contributed by atoms with Crippen LogP contribution < -0.4 is 10.6 Å². The van der Waals surface area contributed by atoms with E-state index in [1.165, 1.54) is 22.7 Å². The van der Waals surface area contributed by atoms with Gasteiger partial charge in [0.15, 0.2) is 5.96 Å². The predicted octanol–water partition coefficient (Wildman–Crippen LogP) is 3.04. The Bertz CT molecular complexity index is 820. The topological polar surface area (TPSA) is 73.8 Å². The number of hydrogen-bond donors (Lipinski definition) is 2. The summed E-state index contributed by atoms with van der Waals surface area (Å²) >= 11 is 0. The lowest BCUT2D eigenvalue weighted by Crippen LogP contribution is -2.44. The summed E-state index contributed by atoms with van der Waals surface area (Å²) in [7, 11) is -1.46. The van der Waals surface area contributed by atoms with Crippen molar-refractivity contribution in [2.45, 2.75) is 38.3 Å². The predicted molar refractivity (Wildman–Crippen MR) is 113 cm³/mol. The van der Waals surface area contributed by atoms with Gasteiger partial charge in [0.25, 0.3) is 0 Å². The fourth-order valence-electron chi connectivity index (χ4n) is 3.50. The first kappa shape index (κ1) is 24.5. The maximum absolute atomic E-state index is 12.9. The van der Waals surface area contributed by atoms with E-state index in [-0.39, 0.29) is 5.92 Å². The van der Waals surface area contributed by atoms with Gasteiger partial charge >= 0.3 is 6.18 Å². The zero-order valence-electron chi connectivity index (χ0n) is 17.7. The first-order valence-corrected chi connectivity index (χ1v) is 11.9. The number of halogens is 3. The Morgan fingerprint density at radius 2 is 1.93 bits per heavy atom. The van der Waals surface area contributed by atoms with Crippen molar-refractivity contribution >= 4 is 16.0 Å². The lowest BCUT2D eigenvalue weighted by atomic mass is 9.96. The summed E-state index contributed by atoms with van der Waals surface area (Å²) in [5.41, 5.74) is 0.0337. The molecule has 30 heavy (non-hydrogen) atoms. The van der Waals surface area contributed by atoms with Gasteiger partial charge in [-0.1, -0.05) is 25.1 Å². The summed E-state index contributed by atoms with van der Waals surface area (Å²) in [4.78, 5) is 4.18. The van der Waals surface area contributed by atoms with Crippen LogP contribution in [0.15, 0.2) is 29.3 Å². The lowest BCUT2D eigenvalue weighted by Gasteiger charge is -2.30. The van der Waals surface area contributed by atoms with Crippen molar-refractivity contribution in [1.29, 1.82) is 0 Å². The molecule has 1 aromatic carbocycles. The van der Waals surface area contributed by atoms with Crippen LogP contribution in [0.4, 0.5) is 13.2 Å². The Morgan fingerprint density at radius 1 is 1.27 bits per heavy atom. The van der Waals surface area contributed by atoms with Gasteiger partial charge in [0.1, 0.15) is 0 Å². The minimum absolute atomic E-state index is 0.0294. The summed E-state index contributed by atoms with van der Waals surface area (Å²) in [6, 6.07) is 5.45.